The van der Waals surface area contributed by atoms with Crippen molar-refractivity contribution in [1.29, 1.82) is 0 Å². The second kappa shape index (κ2) is 6.91. The van der Waals surface area contributed by atoms with Crippen LogP contribution in [0.25, 0.3) is 0 Å². The summed E-state index contributed by atoms with van der Waals surface area (Å²) in [5.41, 5.74) is 0.580. The van der Waals surface area contributed by atoms with Crippen LogP contribution in [0.15, 0.2) is 36.4 Å². The molecule has 0 unspecified atom stereocenters. The normalized spacial score (nSPS) is 13.6. The molecule has 0 atom stereocenters. The number of nitrogens with one attached hydrogen (secondary N) is 2. The highest BCUT2D eigenvalue weighted by atomic mass is 32.1. The molecule has 1 heterocycles. The van der Waals surface area contributed by atoms with Gasteiger partial charge in [-0.05, 0) is 43.0 Å². The fourth-order valence-electron chi connectivity index (χ4n) is 2.20. The number of rotatable bonds is 6. The lowest BCUT2D eigenvalue weighted by molar-refractivity contribution is -0.117. The minimum absolute atomic E-state index is 0.0263. The maximum Gasteiger partial charge on any atom is 0.261 e. The van der Waals surface area contributed by atoms with Gasteiger partial charge in [0, 0.05) is 12.5 Å². The topological polar surface area (TPSA) is 58.2 Å². The highest BCUT2D eigenvalue weighted by Crippen LogP contribution is 2.31. The lowest BCUT2D eigenvalue weighted by Crippen LogP contribution is -2.25. The predicted octanol–water partition coefficient (Wildman–Crippen LogP) is 3.21. The molecular formula is C17H17FN2O2S. The number of carbonyl (C=O) groups is 2. The summed E-state index contributed by atoms with van der Waals surface area (Å²) in [7, 11) is 0. The summed E-state index contributed by atoms with van der Waals surface area (Å²) >= 11 is 1.25. The first-order valence-corrected chi connectivity index (χ1v) is 8.37. The largest absolute Gasteiger partial charge is 0.351 e. The maximum atomic E-state index is 13.5. The molecule has 0 spiro atoms. The fraction of sp³-hybridized carbons (Fsp3) is 0.294. The SMILES string of the molecule is O=C(NCCc1ccccc1F)c1ccc(NC(=O)C2CC2)s1. The third kappa shape index (κ3) is 4.16. The van der Waals surface area contributed by atoms with Gasteiger partial charge in [0.25, 0.3) is 5.91 Å². The van der Waals surface area contributed by atoms with E-state index >= 15 is 0 Å². The van der Waals surface area contributed by atoms with Crippen LogP contribution in [-0.4, -0.2) is 18.4 Å². The molecule has 0 bridgehead atoms. The van der Waals surface area contributed by atoms with E-state index in [1.165, 1.54) is 17.4 Å². The summed E-state index contributed by atoms with van der Waals surface area (Å²) in [6, 6.07) is 9.95. The Hall–Kier alpha value is -2.21. The van der Waals surface area contributed by atoms with Gasteiger partial charge in [-0.25, -0.2) is 4.39 Å². The molecule has 0 radical (unpaired) electrons. The van der Waals surface area contributed by atoms with Crippen molar-refractivity contribution in [3.63, 3.8) is 0 Å². The third-order valence-corrected chi connectivity index (χ3v) is 4.66. The molecule has 2 amide bonds. The van der Waals surface area contributed by atoms with Crippen LogP contribution >= 0.6 is 11.3 Å². The average molecular weight is 332 g/mol. The van der Waals surface area contributed by atoms with Gasteiger partial charge in [0.15, 0.2) is 0 Å². The molecule has 6 heteroatoms. The van der Waals surface area contributed by atoms with Gasteiger partial charge >= 0.3 is 0 Å². The first kappa shape index (κ1) is 15.7. The predicted molar refractivity (Wildman–Crippen MR) is 88.1 cm³/mol. The minimum atomic E-state index is -0.261. The first-order chi connectivity index (χ1) is 11.1. The summed E-state index contributed by atoms with van der Waals surface area (Å²) in [6.07, 6.45) is 2.33. The Morgan fingerprint density at radius 2 is 1.96 bits per heavy atom. The van der Waals surface area contributed by atoms with E-state index in [2.05, 4.69) is 10.6 Å². The van der Waals surface area contributed by atoms with Crippen LogP contribution in [-0.2, 0) is 11.2 Å². The van der Waals surface area contributed by atoms with Crippen molar-refractivity contribution in [3.8, 4) is 0 Å². The number of anilines is 1. The second-order valence-corrected chi connectivity index (χ2v) is 6.61. The summed E-state index contributed by atoms with van der Waals surface area (Å²) in [5, 5.41) is 6.27. The molecule has 3 rings (SSSR count). The molecule has 0 aliphatic heterocycles. The van der Waals surface area contributed by atoms with Crippen molar-refractivity contribution >= 4 is 28.2 Å². The number of hydrogen-bond donors (Lipinski definition) is 2. The Kier molecular flexibility index (Phi) is 4.71. The van der Waals surface area contributed by atoms with Crippen molar-refractivity contribution in [1.82, 2.24) is 5.32 Å². The summed E-state index contributed by atoms with van der Waals surface area (Å²) < 4.78 is 13.5. The number of carbonyl (C=O) groups excluding carboxylic acids is 2. The Bertz CT molecular complexity index is 725. The molecule has 23 heavy (non-hydrogen) atoms. The van der Waals surface area contributed by atoms with Gasteiger partial charge in [0.1, 0.15) is 5.82 Å². The average Bonchev–Trinajstić information content (AvgIpc) is 3.29. The zero-order valence-electron chi connectivity index (χ0n) is 12.5. The first-order valence-electron chi connectivity index (χ1n) is 7.56. The van der Waals surface area contributed by atoms with Crippen molar-refractivity contribution in [2.24, 2.45) is 5.92 Å². The van der Waals surface area contributed by atoms with Crippen LogP contribution in [0.2, 0.25) is 0 Å². The van der Waals surface area contributed by atoms with Crippen LogP contribution in [0.4, 0.5) is 9.39 Å². The van der Waals surface area contributed by atoms with Gasteiger partial charge in [-0.3, -0.25) is 9.59 Å². The van der Waals surface area contributed by atoms with Crippen LogP contribution in [0.5, 0.6) is 0 Å². The molecule has 1 aliphatic rings. The Morgan fingerprint density at radius 1 is 1.17 bits per heavy atom. The highest BCUT2D eigenvalue weighted by molar-refractivity contribution is 7.18. The number of amides is 2. The van der Waals surface area contributed by atoms with E-state index < -0.39 is 0 Å². The van der Waals surface area contributed by atoms with Crippen LogP contribution in [0.1, 0.15) is 28.1 Å². The Labute approximate surface area is 137 Å². The standard InChI is InChI=1S/C17H17FN2O2S/c18-13-4-2-1-3-11(13)9-10-19-17(22)14-7-8-15(23-14)20-16(21)12-5-6-12/h1-4,7-8,12H,5-6,9-10H2,(H,19,22)(H,20,21). The molecule has 1 aromatic heterocycles. The van der Waals surface area contributed by atoms with Gasteiger partial charge in [-0.15, -0.1) is 11.3 Å². The molecule has 120 valence electrons. The van der Waals surface area contributed by atoms with E-state index in [9.17, 15) is 14.0 Å². The van der Waals surface area contributed by atoms with Crippen molar-refractivity contribution in [2.45, 2.75) is 19.3 Å². The van der Waals surface area contributed by atoms with E-state index in [4.69, 9.17) is 0 Å². The van der Waals surface area contributed by atoms with Crippen molar-refractivity contribution < 1.29 is 14.0 Å². The minimum Gasteiger partial charge on any atom is -0.351 e. The van der Waals surface area contributed by atoms with Crippen LogP contribution in [0, 0.1) is 11.7 Å². The summed E-state index contributed by atoms with van der Waals surface area (Å²) in [4.78, 5) is 24.3. The zero-order chi connectivity index (χ0) is 16.2. The lowest BCUT2D eigenvalue weighted by Gasteiger charge is -2.05. The van der Waals surface area contributed by atoms with Crippen molar-refractivity contribution in [2.75, 3.05) is 11.9 Å². The van der Waals surface area contributed by atoms with E-state index in [0.717, 1.165) is 12.8 Å². The molecule has 1 aliphatic carbocycles. The molecule has 2 aromatic rings. The molecule has 1 aromatic carbocycles. The van der Waals surface area contributed by atoms with Crippen LogP contribution < -0.4 is 10.6 Å². The molecule has 1 saturated carbocycles. The smallest absolute Gasteiger partial charge is 0.261 e. The second-order valence-electron chi connectivity index (χ2n) is 5.52. The fourth-order valence-corrected chi connectivity index (χ4v) is 3.02. The van der Waals surface area contributed by atoms with E-state index in [-0.39, 0.29) is 23.5 Å². The van der Waals surface area contributed by atoms with Gasteiger partial charge in [-0.1, -0.05) is 18.2 Å². The monoisotopic (exact) mass is 332 g/mol. The number of halogens is 1. The Morgan fingerprint density at radius 3 is 2.70 bits per heavy atom. The molecule has 2 N–H and O–H groups in total. The number of benzene rings is 1. The molecule has 1 fully saturated rings. The molecule has 4 nitrogen and oxygen atoms in total. The number of hydrogen-bond acceptors (Lipinski definition) is 3. The highest BCUT2D eigenvalue weighted by Gasteiger charge is 2.29. The molecular weight excluding hydrogens is 315 g/mol. The maximum absolute atomic E-state index is 13.5. The third-order valence-electron chi connectivity index (χ3n) is 3.66. The van der Waals surface area contributed by atoms with E-state index in [1.54, 1.807) is 30.3 Å². The number of thiophene rings is 1. The van der Waals surface area contributed by atoms with E-state index in [1.807, 2.05) is 0 Å². The van der Waals surface area contributed by atoms with Gasteiger partial charge in [-0.2, -0.15) is 0 Å². The van der Waals surface area contributed by atoms with Gasteiger partial charge in [0.05, 0.1) is 9.88 Å². The van der Waals surface area contributed by atoms with Crippen LogP contribution in [0.3, 0.4) is 0 Å². The summed E-state index contributed by atoms with van der Waals surface area (Å²) in [6.45, 7) is 0.363. The summed E-state index contributed by atoms with van der Waals surface area (Å²) in [5.74, 6) is -0.310. The quantitative estimate of drug-likeness (QED) is 0.853. The Balaban J connectivity index is 1.49. The molecule has 0 saturated heterocycles. The van der Waals surface area contributed by atoms with Gasteiger partial charge in [0.2, 0.25) is 5.91 Å². The lowest BCUT2D eigenvalue weighted by atomic mass is 10.1. The zero-order valence-corrected chi connectivity index (χ0v) is 13.3. The van der Waals surface area contributed by atoms with E-state index in [0.29, 0.717) is 28.4 Å². The van der Waals surface area contributed by atoms with Crippen molar-refractivity contribution in [3.05, 3.63) is 52.7 Å². The van der Waals surface area contributed by atoms with Gasteiger partial charge < -0.3 is 10.6 Å².